The maximum absolute atomic E-state index is 6.09. The quantitative estimate of drug-likeness (QED) is 0.859. The van der Waals surface area contributed by atoms with Crippen LogP contribution in [-0.4, -0.2) is 21.3 Å². The molecule has 0 spiro atoms. The van der Waals surface area contributed by atoms with Gasteiger partial charge in [-0.3, -0.25) is 0 Å². The first-order valence-electron chi connectivity index (χ1n) is 4.37. The molecule has 0 aromatic heterocycles. The van der Waals surface area contributed by atoms with E-state index in [0.29, 0.717) is 28.8 Å². The molecule has 1 aromatic rings. The Morgan fingerprint density at radius 1 is 1.13 bits per heavy atom. The number of rotatable bonds is 4. The van der Waals surface area contributed by atoms with Crippen LogP contribution in [0.3, 0.4) is 0 Å². The predicted octanol–water partition coefficient (Wildman–Crippen LogP) is 1.82. The fourth-order valence-electron chi connectivity index (χ4n) is 1.36. The Labute approximate surface area is 93.9 Å². The average molecular weight is 232 g/mol. The van der Waals surface area contributed by atoms with Crippen LogP contribution in [0.15, 0.2) is 6.07 Å². The van der Waals surface area contributed by atoms with Crippen LogP contribution in [-0.2, 0) is 6.54 Å². The molecule has 0 heterocycles. The number of nitrogens with two attached hydrogens (primary N) is 1. The molecule has 15 heavy (non-hydrogen) atoms. The summed E-state index contributed by atoms with van der Waals surface area (Å²) in [5.74, 6) is 1.52. The molecule has 0 saturated heterocycles. The lowest BCUT2D eigenvalue weighted by Crippen LogP contribution is -2.03. The predicted molar refractivity (Wildman–Crippen MR) is 59.0 cm³/mol. The van der Waals surface area contributed by atoms with Gasteiger partial charge in [0, 0.05) is 12.1 Å². The second-order valence-electron chi connectivity index (χ2n) is 2.82. The maximum atomic E-state index is 6.09. The minimum Gasteiger partial charge on any atom is -0.495 e. The first-order chi connectivity index (χ1) is 7.19. The Morgan fingerprint density at radius 2 is 1.73 bits per heavy atom. The minimum atomic E-state index is 0.323. The van der Waals surface area contributed by atoms with Gasteiger partial charge in [0.1, 0.15) is 10.8 Å². The van der Waals surface area contributed by atoms with Crippen LogP contribution in [0.25, 0.3) is 0 Å². The van der Waals surface area contributed by atoms with E-state index in [1.807, 2.05) is 0 Å². The standard InChI is InChI=1S/C10H14ClNO3/c1-13-7-4-6(5-12)9(14-2)8(11)10(7)15-3/h4H,5,12H2,1-3H3. The first kappa shape index (κ1) is 11.9. The maximum Gasteiger partial charge on any atom is 0.183 e. The third-order valence-electron chi connectivity index (χ3n) is 2.07. The SMILES string of the molecule is COc1cc(CN)c(OC)c(Cl)c1OC. The summed E-state index contributed by atoms with van der Waals surface area (Å²) >= 11 is 6.09. The Morgan fingerprint density at radius 3 is 2.13 bits per heavy atom. The van der Waals surface area contributed by atoms with Crippen molar-refractivity contribution in [1.82, 2.24) is 0 Å². The van der Waals surface area contributed by atoms with E-state index in [0.717, 1.165) is 5.56 Å². The second kappa shape index (κ2) is 5.09. The van der Waals surface area contributed by atoms with Crippen LogP contribution in [0.1, 0.15) is 5.56 Å². The summed E-state index contributed by atoms with van der Waals surface area (Å²) in [7, 11) is 4.60. The van der Waals surface area contributed by atoms with Crippen LogP contribution in [0.4, 0.5) is 0 Å². The molecule has 1 aromatic carbocycles. The van der Waals surface area contributed by atoms with Crippen molar-refractivity contribution >= 4 is 11.6 Å². The van der Waals surface area contributed by atoms with Crippen molar-refractivity contribution in [3.8, 4) is 17.2 Å². The van der Waals surface area contributed by atoms with Gasteiger partial charge in [-0.25, -0.2) is 0 Å². The molecular formula is C10H14ClNO3. The summed E-state index contributed by atoms with van der Waals surface area (Å²) in [5, 5.41) is 0.375. The summed E-state index contributed by atoms with van der Waals surface area (Å²) in [6.07, 6.45) is 0. The van der Waals surface area contributed by atoms with Crippen molar-refractivity contribution in [3.63, 3.8) is 0 Å². The van der Waals surface area contributed by atoms with E-state index in [1.165, 1.54) is 14.2 Å². The molecule has 5 heteroatoms. The molecule has 0 bridgehead atoms. The molecular weight excluding hydrogens is 218 g/mol. The Bertz CT molecular complexity index is 325. The normalized spacial score (nSPS) is 9.93. The van der Waals surface area contributed by atoms with Gasteiger partial charge in [0.05, 0.1) is 21.3 Å². The fourth-order valence-corrected chi connectivity index (χ4v) is 1.72. The monoisotopic (exact) mass is 231 g/mol. The first-order valence-corrected chi connectivity index (χ1v) is 4.74. The lowest BCUT2D eigenvalue weighted by molar-refractivity contribution is 0.348. The number of benzene rings is 1. The summed E-state index contributed by atoms with van der Waals surface area (Å²) in [6, 6.07) is 1.75. The van der Waals surface area contributed by atoms with E-state index in [2.05, 4.69) is 0 Å². The van der Waals surface area contributed by atoms with Crippen molar-refractivity contribution in [3.05, 3.63) is 16.7 Å². The molecule has 0 aliphatic rings. The average Bonchev–Trinajstić information content (AvgIpc) is 2.27. The smallest absolute Gasteiger partial charge is 0.183 e. The van der Waals surface area contributed by atoms with Gasteiger partial charge < -0.3 is 19.9 Å². The van der Waals surface area contributed by atoms with Crippen molar-refractivity contribution in [2.75, 3.05) is 21.3 Å². The van der Waals surface area contributed by atoms with E-state index in [1.54, 1.807) is 13.2 Å². The summed E-state index contributed by atoms with van der Waals surface area (Å²) in [6.45, 7) is 0.323. The van der Waals surface area contributed by atoms with E-state index in [9.17, 15) is 0 Å². The van der Waals surface area contributed by atoms with Crippen LogP contribution >= 0.6 is 11.6 Å². The van der Waals surface area contributed by atoms with Crippen molar-refractivity contribution in [2.45, 2.75) is 6.54 Å². The molecule has 0 saturated carbocycles. The van der Waals surface area contributed by atoms with E-state index >= 15 is 0 Å². The van der Waals surface area contributed by atoms with Crippen LogP contribution < -0.4 is 19.9 Å². The summed E-state index contributed by atoms with van der Waals surface area (Å²) < 4.78 is 15.4. The highest BCUT2D eigenvalue weighted by Gasteiger charge is 2.17. The molecule has 2 N–H and O–H groups in total. The molecule has 0 aliphatic carbocycles. The fraction of sp³-hybridized carbons (Fsp3) is 0.400. The number of methoxy groups -OCH3 is 3. The van der Waals surface area contributed by atoms with Gasteiger partial charge >= 0.3 is 0 Å². The lowest BCUT2D eigenvalue weighted by Gasteiger charge is -2.15. The van der Waals surface area contributed by atoms with Gasteiger partial charge in [-0.15, -0.1) is 0 Å². The van der Waals surface area contributed by atoms with E-state index in [-0.39, 0.29) is 0 Å². The zero-order valence-corrected chi connectivity index (χ0v) is 9.72. The second-order valence-corrected chi connectivity index (χ2v) is 3.20. The van der Waals surface area contributed by atoms with Gasteiger partial charge in [-0.05, 0) is 6.07 Å². The van der Waals surface area contributed by atoms with Gasteiger partial charge in [0.15, 0.2) is 11.5 Å². The van der Waals surface area contributed by atoms with E-state index in [4.69, 9.17) is 31.5 Å². The van der Waals surface area contributed by atoms with Crippen LogP contribution in [0.2, 0.25) is 5.02 Å². The Kier molecular flexibility index (Phi) is 4.05. The number of hydrogen-bond donors (Lipinski definition) is 1. The lowest BCUT2D eigenvalue weighted by atomic mass is 10.1. The molecule has 1 rings (SSSR count). The highest BCUT2D eigenvalue weighted by atomic mass is 35.5. The van der Waals surface area contributed by atoms with E-state index < -0.39 is 0 Å². The molecule has 0 amide bonds. The van der Waals surface area contributed by atoms with Crippen molar-refractivity contribution in [1.29, 1.82) is 0 Å². The molecule has 0 radical (unpaired) electrons. The molecule has 4 nitrogen and oxygen atoms in total. The van der Waals surface area contributed by atoms with Crippen molar-refractivity contribution < 1.29 is 14.2 Å². The van der Waals surface area contributed by atoms with Gasteiger partial charge in [0.25, 0.3) is 0 Å². The van der Waals surface area contributed by atoms with Gasteiger partial charge in [0.2, 0.25) is 0 Å². The number of hydrogen-bond acceptors (Lipinski definition) is 4. The largest absolute Gasteiger partial charge is 0.495 e. The number of ether oxygens (including phenoxy) is 3. The molecule has 84 valence electrons. The minimum absolute atomic E-state index is 0.323. The van der Waals surface area contributed by atoms with Gasteiger partial charge in [-0.2, -0.15) is 0 Å². The number of halogens is 1. The van der Waals surface area contributed by atoms with Gasteiger partial charge in [-0.1, -0.05) is 11.6 Å². The van der Waals surface area contributed by atoms with Crippen LogP contribution in [0, 0.1) is 0 Å². The Balaban J connectivity index is 3.41. The molecule has 0 aliphatic heterocycles. The summed E-state index contributed by atoms with van der Waals surface area (Å²) in [5.41, 5.74) is 6.35. The Hall–Kier alpha value is -1.13. The molecule has 0 atom stereocenters. The zero-order valence-electron chi connectivity index (χ0n) is 8.96. The zero-order chi connectivity index (χ0) is 11.4. The van der Waals surface area contributed by atoms with Crippen LogP contribution in [0.5, 0.6) is 17.2 Å². The highest BCUT2D eigenvalue weighted by molar-refractivity contribution is 6.34. The highest BCUT2D eigenvalue weighted by Crippen LogP contribution is 2.43. The molecule has 0 fully saturated rings. The topological polar surface area (TPSA) is 53.7 Å². The van der Waals surface area contributed by atoms with Crippen molar-refractivity contribution in [2.24, 2.45) is 5.73 Å². The summed E-state index contributed by atoms with van der Waals surface area (Å²) in [4.78, 5) is 0. The third kappa shape index (κ3) is 2.11. The third-order valence-corrected chi connectivity index (χ3v) is 2.41. The molecule has 0 unspecified atom stereocenters.